The molecule has 0 spiro atoms. The fourth-order valence-electron chi connectivity index (χ4n) is 9.37. The summed E-state index contributed by atoms with van der Waals surface area (Å²) in [4.78, 5) is 0. The van der Waals surface area contributed by atoms with Crippen molar-refractivity contribution < 1.29 is 0 Å². The Morgan fingerprint density at radius 3 is 2.00 bits per heavy atom. The molecular formula is C49H54. The minimum absolute atomic E-state index is 0.0351. The molecule has 0 radical (unpaired) electrons. The molecule has 0 N–H and O–H groups in total. The number of fused-ring (bicyclic) bond motifs is 2. The molecule has 3 aliphatic rings. The molecule has 0 amide bonds. The Bertz CT molecular complexity index is 2010. The summed E-state index contributed by atoms with van der Waals surface area (Å²) in [5.74, 6) is 1.04. The van der Waals surface area contributed by atoms with Crippen LogP contribution in [0, 0.1) is 11.8 Å². The summed E-state index contributed by atoms with van der Waals surface area (Å²) in [5.41, 5.74) is 17.3. The van der Waals surface area contributed by atoms with Gasteiger partial charge in [-0.1, -0.05) is 182 Å². The van der Waals surface area contributed by atoms with Crippen LogP contribution in [0.3, 0.4) is 0 Å². The van der Waals surface area contributed by atoms with E-state index >= 15 is 0 Å². The molecule has 0 saturated carbocycles. The van der Waals surface area contributed by atoms with Gasteiger partial charge < -0.3 is 0 Å². The molecule has 0 aliphatic heterocycles. The summed E-state index contributed by atoms with van der Waals surface area (Å²) < 4.78 is 0. The first-order valence-electron chi connectivity index (χ1n) is 18.8. The van der Waals surface area contributed by atoms with Crippen LogP contribution in [0.5, 0.6) is 0 Å². The Morgan fingerprint density at radius 1 is 0.694 bits per heavy atom. The average molecular weight is 643 g/mol. The fourth-order valence-corrected chi connectivity index (χ4v) is 9.37. The highest BCUT2D eigenvalue weighted by atomic mass is 14.5. The highest BCUT2D eigenvalue weighted by molar-refractivity contribution is 5.86. The maximum atomic E-state index is 2.65. The lowest BCUT2D eigenvalue weighted by Crippen LogP contribution is -2.29. The lowest BCUT2D eigenvalue weighted by molar-refractivity contribution is 0.489. The van der Waals surface area contributed by atoms with Gasteiger partial charge in [0.05, 0.1) is 0 Å². The van der Waals surface area contributed by atoms with Crippen molar-refractivity contribution >= 4 is 11.1 Å². The third kappa shape index (κ3) is 5.43. The SMILES string of the molecule is CCC(C)(C1=CC2=C(c3ccc(C(C)(CC)c4ccccc4-c4ccccc4)cc3C2(C)C)C(C)C1)c1ccccc1C1=CC=CC(C)C1. The molecule has 49 heavy (non-hydrogen) atoms. The maximum Gasteiger partial charge on any atom is 0.0178 e. The molecular weight excluding hydrogens is 589 g/mol. The van der Waals surface area contributed by atoms with E-state index < -0.39 is 0 Å². The van der Waals surface area contributed by atoms with Crippen LogP contribution < -0.4 is 0 Å². The lowest BCUT2D eigenvalue weighted by Gasteiger charge is -2.39. The largest absolute Gasteiger partial charge is 0.0814 e. The van der Waals surface area contributed by atoms with Gasteiger partial charge in [0, 0.05) is 16.2 Å². The molecule has 0 bridgehead atoms. The van der Waals surface area contributed by atoms with Gasteiger partial charge in [-0.25, -0.2) is 0 Å². The molecule has 4 atom stereocenters. The molecule has 4 aromatic carbocycles. The second-order valence-electron chi connectivity index (χ2n) is 16.1. The van der Waals surface area contributed by atoms with Gasteiger partial charge in [0.2, 0.25) is 0 Å². The number of hydrogen-bond donors (Lipinski definition) is 0. The highest BCUT2D eigenvalue weighted by Gasteiger charge is 2.44. The number of rotatable bonds is 8. The summed E-state index contributed by atoms with van der Waals surface area (Å²) in [7, 11) is 0. The average Bonchev–Trinajstić information content (AvgIpc) is 3.37. The number of benzene rings is 4. The monoisotopic (exact) mass is 642 g/mol. The summed E-state index contributed by atoms with van der Waals surface area (Å²) in [6.45, 7) is 19.5. The smallest absolute Gasteiger partial charge is 0.0178 e. The Hall–Kier alpha value is -4.16. The lowest BCUT2D eigenvalue weighted by atomic mass is 9.65. The zero-order valence-corrected chi connectivity index (χ0v) is 31.0. The van der Waals surface area contributed by atoms with Gasteiger partial charge in [-0.3, -0.25) is 0 Å². The molecule has 0 fully saturated rings. The second-order valence-corrected chi connectivity index (χ2v) is 16.1. The summed E-state index contributed by atoms with van der Waals surface area (Å²) >= 11 is 0. The maximum absolute atomic E-state index is 2.65. The third-order valence-corrected chi connectivity index (χ3v) is 12.8. The van der Waals surface area contributed by atoms with Crippen LogP contribution >= 0.6 is 0 Å². The van der Waals surface area contributed by atoms with E-state index in [9.17, 15) is 0 Å². The van der Waals surface area contributed by atoms with E-state index in [4.69, 9.17) is 0 Å². The van der Waals surface area contributed by atoms with Crippen molar-refractivity contribution in [2.75, 3.05) is 0 Å². The van der Waals surface area contributed by atoms with Gasteiger partial charge in [-0.05, 0) is 98.7 Å². The van der Waals surface area contributed by atoms with E-state index in [-0.39, 0.29) is 16.2 Å². The van der Waals surface area contributed by atoms with Gasteiger partial charge in [0.25, 0.3) is 0 Å². The summed E-state index contributed by atoms with van der Waals surface area (Å²) in [6, 6.07) is 36.7. The molecule has 0 heterocycles. The van der Waals surface area contributed by atoms with Crippen LogP contribution in [-0.2, 0) is 16.2 Å². The standard InChI is InChI=1S/C49H54/c1-9-48(7,42-25-16-14-23-39(42)35-20-12-11-13-21-35)37-27-28-41-44(31-37)47(5,6)45-32-38(30-34(4)46(41)45)49(8,10-2)43-26-17-15-24-40(43)36-22-18-19-33(3)29-36/h11-28,31-34H,9-10,29-30H2,1-8H3. The first-order valence-corrected chi connectivity index (χ1v) is 18.8. The van der Waals surface area contributed by atoms with Crippen molar-refractivity contribution in [1.82, 2.24) is 0 Å². The van der Waals surface area contributed by atoms with Crippen LogP contribution in [0.1, 0.15) is 114 Å². The van der Waals surface area contributed by atoms with Gasteiger partial charge in [-0.2, -0.15) is 0 Å². The van der Waals surface area contributed by atoms with Gasteiger partial charge >= 0.3 is 0 Å². The van der Waals surface area contributed by atoms with Crippen LogP contribution in [0.25, 0.3) is 22.3 Å². The number of hydrogen-bond acceptors (Lipinski definition) is 0. The van der Waals surface area contributed by atoms with Crippen LogP contribution in [0.15, 0.2) is 133 Å². The predicted molar refractivity (Wildman–Crippen MR) is 212 cm³/mol. The molecule has 7 rings (SSSR count). The van der Waals surface area contributed by atoms with Crippen molar-refractivity contribution in [3.05, 3.63) is 166 Å². The van der Waals surface area contributed by atoms with Gasteiger partial charge in [0.15, 0.2) is 0 Å². The molecule has 0 nitrogen and oxygen atoms in total. The predicted octanol–water partition coefficient (Wildman–Crippen LogP) is 13.4. The zero-order chi connectivity index (χ0) is 34.6. The first kappa shape index (κ1) is 33.3. The van der Waals surface area contributed by atoms with Crippen LogP contribution in [0.2, 0.25) is 0 Å². The Kier molecular flexibility index (Phi) is 8.59. The van der Waals surface area contributed by atoms with Crippen LogP contribution in [-0.4, -0.2) is 0 Å². The highest BCUT2D eigenvalue weighted by Crippen LogP contribution is 2.57. The van der Waals surface area contributed by atoms with Crippen molar-refractivity contribution in [2.24, 2.45) is 11.8 Å². The minimum Gasteiger partial charge on any atom is -0.0814 e. The molecule has 0 saturated heterocycles. The molecule has 4 unspecified atom stereocenters. The van der Waals surface area contributed by atoms with E-state index in [0.717, 1.165) is 25.7 Å². The van der Waals surface area contributed by atoms with Crippen LogP contribution in [0.4, 0.5) is 0 Å². The Labute approximate surface area is 296 Å². The normalized spacial score (nSPS) is 22.0. The Morgan fingerprint density at radius 2 is 1.33 bits per heavy atom. The van der Waals surface area contributed by atoms with E-state index in [1.807, 2.05) is 0 Å². The van der Waals surface area contributed by atoms with E-state index in [2.05, 4.69) is 177 Å². The molecule has 250 valence electrons. The van der Waals surface area contributed by atoms with Gasteiger partial charge in [0.1, 0.15) is 0 Å². The second kappa shape index (κ2) is 12.6. The van der Waals surface area contributed by atoms with Crippen molar-refractivity contribution in [1.29, 1.82) is 0 Å². The molecule has 0 aromatic heterocycles. The third-order valence-electron chi connectivity index (χ3n) is 12.8. The molecule has 0 heteroatoms. The topological polar surface area (TPSA) is 0 Å². The quantitative estimate of drug-likeness (QED) is 0.179. The molecule has 4 aromatic rings. The van der Waals surface area contributed by atoms with E-state index in [1.54, 1.807) is 11.1 Å². The van der Waals surface area contributed by atoms with Gasteiger partial charge in [-0.15, -0.1) is 0 Å². The fraction of sp³-hybridized carbons (Fsp3) is 0.347. The first-order chi connectivity index (χ1) is 23.5. The van der Waals surface area contributed by atoms with E-state index in [1.165, 1.54) is 55.7 Å². The molecule has 3 aliphatic carbocycles. The zero-order valence-electron chi connectivity index (χ0n) is 31.0. The Balaban J connectivity index is 1.31. The summed E-state index contributed by atoms with van der Waals surface area (Å²) in [5, 5.41) is 0. The minimum atomic E-state index is -0.113. The van der Waals surface area contributed by atoms with Crippen molar-refractivity contribution in [2.45, 2.75) is 97.3 Å². The van der Waals surface area contributed by atoms with Crippen molar-refractivity contribution in [3.63, 3.8) is 0 Å². The summed E-state index contributed by atoms with van der Waals surface area (Å²) in [6.07, 6.45) is 13.9. The van der Waals surface area contributed by atoms with E-state index in [0.29, 0.717) is 11.8 Å². The van der Waals surface area contributed by atoms with Crippen molar-refractivity contribution in [3.8, 4) is 11.1 Å². The number of allylic oxidation sites excluding steroid dienone is 8.